The van der Waals surface area contributed by atoms with Crippen molar-refractivity contribution >= 4 is 34.5 Å². The van der Waals surface area contributed by atoms with Crippen LogP contribution in [0.3, 0.4) is 0 Å². The van der Waals surface area contributed by atoms with Crippen molar-refractivity contribution in [3.8, 4) is 11.3 Å². The lowest BCUT2D eigenvalue weighted by Gasteiger charge is -2.06. The first-order valence-corrected chi connectivity index (χ1v) is 6.40. The minimum Gasteiger partial charge on any atom is -0.299 e. The molecular formula is C11H9Cl2NOS. The predicted molar refractivity (Wildman–Crippen MR) is 69.7 cm³/mol. The van der Waals surface area contributed by atoms with Crippen LogP contribution < -0.4 is 4.87 Å². The van der Waals surface area contributed by atoms with Crippen LogP contribution in [0.15, 0.2) is 28.4 Å². The van der Waals surface area contributed by atoms with Crippen LogP contribution in [0.4, 0.5) is 0 Å². The van der Waals surface area contributed by atoms with E-state index in [0.717, 1.165) is 11.3 Å². The zero-order valence-corrected chi connectivity index (χ0v) is 10.9. The molecule has 0 amide bonds. The number of rotatable bonds is 2. The van der Waals surface area contributed by atoms with Crippen molar-refractivity contribution in [2.45, 2.75) is 13.5 Å². The fourth-order valence-corrected chi connectivity index (χ4v) is 2.86. The van der Waals surface area contributed by atoms with E-state index in [1.165, 1.54) is 11.3 Å². The van der Waals surface area contributed by atoms with Crippen molar-refractivity contribution in [3.05, 3.63) is 43.3 Å². The van der Waals surface area contributed by atoms with Crippen LogP contribution in [-0.4, -0.2) is 4.57 Å². The topological polar surface area (TPSA) is 22.0 Å². The smallest absolute Gasteiger partial charge is 0.299 e. The van der Waals surface area contributed by atoms with Gasteiger partial charge in [0.25, 0.3) is 0 Å². The molecule has 0 fully saturated rings. The Morgan fingerprint density at radius 3 is 2.75 bits per heavy atom. The van der Waals surface area contributed by atoms with Crippen LogP contribution in [0.1, 0.15) is 6.92 Å². The highest BCUT2D eigenvalue weighted by Gasteiger charge is 2.10. The van der Waals surface area contributed by atoms with E-state index in [0.29, 0.717) is 16.6 Å². The maximum Gasteiger partial charge on any atom is 0.307 e. The molecule has 0 aliphatic carbocycles. The molecule has 0 spiro atoms. The molecule has 2 rings (SSSR count). The second kappa shape index (κ2) is 4.62. The first kappa shape index (κ1) is 11.7. The normalized spacial score (nSPS) is 10.7. The molecule has 0 aliphatic heterocycles. The molecule has 0 aliphatic rings. The van der Waals surface area contributed by atoms with Gasteiger partial charge < -0.3 is 0 Å². The van der Waals surface area contributed by atoms with Crippen molar-refractivity contribution in [1.82, 2.24) is 4.57 Å². The Bertz CT molecular complexity index is 574. The molecule has 84 valence electrons. The lowest BCUT2D eigenvalue weighted by atomic mass is 10.2. The van der Waals surface area contributed by atoms with Crippen LogP contribution in [-0.2, 0) is 6.54 Å². The Kier molecular flexibility index (Phi) is 3.38. The van der Waals surface area contributed by atoms with E-state index < -0.39 is 0 Å². The lowest BCUT2D eigenvalue weighted by molar-refractivity contribution is 0.757. The highest BCUT2D eigenvalue weighted by atomic mass is 35.5. The molecule has 0 saturated heterocycles. The van der Waals surface area contributed by atoms with E-state index in [9.17, 15) is 4.79 Å². The summed E-state index contributed by atoms with van der Waals surface area (Å²) in [5.74, 6) is 0. The van der Waals surface area contributed by atoms with E-state index in [1.807, 2.05) is 18.4 Å². The van der Waals surface area contributed by atoms with Gasteiger partial charge >= 0.3 is 4.87 Å². The van der Waals surface area contributed by atoms with Crippen LogP contribution in [0, 0.1) is 0 Å². The molecular weight excluding hydrogens is 265 g/mol. The van der Waals surface area contributed by atoms with Gasteiger partial charge in [-0.15, -0.1) is 0 Å². The predicted octanol–water partition coefficient (Wildman–Crippen LogP) is 3.90. The van der Waals surface area contributed by atoms with E-state index in [2.05, 4.69) is 0 Å². The van der Waals surface area contributed by atoms with Gasteiger partial charge in [-0.2, -0.15) is 0 Å². The third kappa shape index (κ3) is 2.03. The molecule has 0 atom stereocenters. The van der Waals surface area contributed by atoms with Gasteiger partial charge in [0.1, 0.15) is 0 Å². The summed E-state index contributed by atoms with van der Waals surface area (Å²) in [6.45, 7) is 2.57. The quantitative estimate of drug-likeness (QED) is 0.814. The molecule has 0 N–H and O–H groups in total. The number of aromatic nitrogens is 1. The lowest BCUT2D eigenvalue weighted by Crippen LogP contribution is -2.12. The Balaban J connectivity index is 2.63. The molecule has 1 aromatic heterocycles. The molecule has 1 aromatic carbocycles. The molecule has 1 heterocycles. The highest BCUT2D eigenvalue weighted by Crippen LogP contribution is 2.30. The maximum absolute atomic E-state index is 11.5. The first-order chi connectivity index (χ1) is 7.63. The number of halogens is 2. The summed E-state index contributed by atoms with van der Waals surface area (Å²) in [7, 11) is 0. The summed E-state index contributed by atoms with van der Waals surface area (Å²) in [5.41, 5.74) is 1.69. The van der Waals surface area contributed by atoms with Crippen molar-refractivity contribution < 1.29 is 0 Å². The second-order valence-corrected chi connectivity index (χ2v) is 4.92. The minimum absolute atomic E-state index is 0.0310. The van der Waals surface area contributed by atoms with E-state index >= 15 is 0 Å². The van der Waals surface area contributed by atoms with Gasteiger partial charge in [-0.05, 0) is 25.1 Å². The first-order valence-electron chi connectivity index (χ1n) is 4.77. The Hall–Kier alpha value is -0.770. The molecule has 16 heavy (non-hydrogen) atoms. The van der Waals surface area contributed by atoms with Crippen molar-refractivity contribution in [2.24, 2.45) is 0 Å². The van der Waals surface area contributed by atoms with Crippen molar-refractivity contribution in [2.75, 3.05) is 0 Å². The number of hydrogen-bond acceptors (Lipinski definition) is 2. The number of thiazole rings is 1. The summed E-state index contributed by atoms with van der Waals surface area (Å²) in [6.07, 6.45) is 0. The molecule has 0 saturated carbocycles. The van der Waals surface area contributed by atoms with Crippen molar-refractivity contribution in [1.29, 1.82) is 0 Å². The Labute approximate surface area is 107 Å². The Morgan fingerprint density at radius 1 is 1.38 bits per heavy atom. The van der Waals surface area contributed by atoms with Gasteiger partial charge in [0.05, 0.1) is 10.7 Å². The fourth-order valence-electron chi connectivity index (χ4n) is 1.54. The summed E-state index contributed by atoms with van der Waals surface area (Å²) >= 11 is 13.1. The maximum atomic E-state index is 11.5. The van der Waals surface area contributed by atoms with Crippen molar-refractivity contribution in [3.63, 3.8) is 0 Å². The average Bonchev–Trinajstić information content (AvgIpc) is 2.59. The summed E-state index contributed by atoms with van der Waals surface area (Å²) in [6, 6.07) is 5.28. The van der Waals surface area contributed by atoms with Gasteiger partial charge in [0.2, 0.25) is 0 Å². The van der Waals surface area contributed by atoms with Crippen LogP contribution in [0.5, 0.6) is 0 Å². The molecule has 5 heteroatoms. The molecule has 0 radical (unpaired) electrons. The van der Waals surface area contributed by atoms with E-state index in [-0.39, 0.29) is 4.87 Å². The third-order valence-electron chi connectivity index (χ3n) is 2.31. The highest BCUT2D eigenvalue weighted by molar-refractivity contribution is 7.07. The largest absolute Gasteiger partial charge is 0.307 e. The number of nitrogens with zero attached hydrogens (tertiary/aromatic N) is 1. The Morgan fingerprint density at radius 2 is 2.12 bits per heavy atom. The van der Waals surface area contributed by atoms with Crippen LogP contribution >= 0.6 is 34.5 Å². The standard InChI is InChI=1S/C11H9Cl2NOS/c1-2-14-10(6-16-11(14)15)8-4-3-7(12)5-9(8)13/h3-6H,2H2,1H3. The fraction of sp³-hybridized carbons (Fsp3) is 0.182. The summed E-state index contributed by atoms with van der Waals surface area (Å²) in [5, 5.41) is 2.97. The van der Waals surface area contributed by atoms with Gasteiger partial charge in [-0.25, -0.2) is 0 Å². The van der Waals surface area contributed by atoms with Gasteiger partial charge in [0.15, 0.2) is 0 Å². The summed E-state index contributed by atoms with van der Waals surface area (Å²) in [4.78, 5) is 11.6. The van der Waals surface area contributed by atoms with Gasteiger partial charge in [0, 0.05) is 22.5 Å². The molecule has 0 bridgehead atoms. The summed E-state index contributed by atoms with van der Waals surface area (Å²) < 4.78 is 1.69. The molecule has 2 aromatic rings. The monoisotopic (exact) mass is 273 g/mol. The zero-order chi connectivity index (χ0) is 11.7. The van der Waals surface area contributed by atoms with E-state index in [1.54, 1.807) is 16.7 Å². The van der Waals surface area contributed by atoms with Gasteiger partial charge in [-0.3, -0.25) is 9.36 Å². The average molecular weight is 274 g/mol. The molecule has 2 nitrogen and oxygen atoms in total. The molecule has 0 unspecified atom stereocenters. The van der Waals surface area contributed by atoms with Gasteiger partial charge in [-0.1, -0.05) is 34.5 Å². The zero-order valence-electron chi connectivity index (χ0n) is 8.54. The third-order valence-corrected chi connectivity index (χ3v) is 3.62. The number of hydrogen-bond donors (Lipinski definition) is 0. The number of benzene rings is 1. The minimum atomic E-state index is 0.0310. The van der Waals surface area contributed by atoms with Crippen LogP contribution in [0.2, 0.25) is 10.0 Å². The SMILES string of the molecule is CCn1c(-c2ccc(Cl)cc2Cl)csc1=O. The second-order valence-electron chi connectivity index (χ2n) is 3.26. The van der Waals surface area contributed by atoms with Crippen LogP contribution in [0.25, 0.3) is 11.3 Å². The van der Waals surface area contributed by atoms with E-state index in [4.69, 9.17) is 23.2 Å².